The molecule has 2 aromatic heterocycles. The van der Waals surface area contributed by atoms with E-state index in [1.807, 2.05) is 41.9 Å². The van der Waals surface area contributed by atoms with Gasteiger partial charge in [0.05, 0.1) is 25.7 Å². The zero-order chi connectivity index (χ0) is 21.4. The number of methoxy groups -OCH3 is 2. The number of rotatable bonds is 4. The van der Waals surface area contributed by atoms with Crippen LogP contribution in [0.1, 0.15) is 34.9 Å². The molecule has 4 rings (SSSR count). The van der Waals surface area contributed by atoms with Crippen LogP contribution < -0.4 is 5.32 Å². The van der Waals surface area contributed by atoms with Crippen molar-refractivity contribution in [3.63, 3.8) is 0 Å². The summed E-state index contributed by atoms with van der Waals surface area (Å²) in [7, 11) is 2.62. The topological polar surface area (TPSA) is 81.7 Å². The molecular weight excluding hydrogens is 422 g/mol. The second kappa shape index (κ2) is 8.20. The van der Waals surface area contributed by atoms with Gasteiger partial charge < -0.3 is 14.8 Å². The standard InChI is InChI=1S/C22H21NO5S2/c1-11-16(21(25)27-2)19(15-7-5-9-30-15)18-13(23-11)10-12(14-6-4-8-29-14)17(20(18)24)22(26)28-3/h4-9,12,17,19,23H,10H2,1-3H3/t12-,17+,19+/m1/s1. The lowest BCUT2D eigenvalue weighted by Crippen LogP contribution is -2.43. The molecule has 0 fully saturated rings. The van der Waals surface area contributed by atoms with E-state index in [-0.39, 0.29) is 11.7 Å². The Balaban J connectivity index is 1.88. The van der Waals surface area contributed by atoms with Crippen LogP contribution in [0.4, 0.5) is 0 Å². The first-order valence-corrected chi connectivity index (χ1v) is 11.2. The average molecular weight is 444 g/mol. The van der Waals surface area contributed by atoms with Crippen molar-refractivity contribution in [2.24, 2.45) is 5.92 Å². The van der Waals surface area contributed by atoms with Crippen molar-refractivity contribution in [2.45, 2.75) is 25.2 Å². The van der Waals surface area contributed by atoms with Crippen molar-refractivity contribution in [1.29, 1.82) is 0 Å². The minimum Gasteiger partial charge on any atom is -0.468 e. The molecule has 2 aliphatic rings. The predicted octanol–water partition coefficient (Wildman–Crippen LogP) is 3.74. The molecular formula is C22H21NO5S2. The van der Waals surface area contributed by atoms with Crippen molar-refractivity contribution in [1.82, 2.24) is 5.32 Å². The van der Waals surface area contributed by atoms with Crippen molar-refractivity contribution in [3.8, 4) is 0 Å². The minimum absolute atomic E-state index is 0.304. The van der Waals surface area contributed by atoms with Crippen molar-refractivity contribution in [3.05, 3.63) is 67.3 Å². The molecule has 0 saturated carbocycles. The molecule has 0 unspecified atom stereocenters. The van der Waals surface area contributed by atoms with Crippen LogP contribution in [0.2, 0.25) is 0 Å². The third-order valence-electron chi connectivity index (χ3n) is 5.62. The number of ether oxygens (including phenoxy) is 2. The number of ketones is 1. The zero-order valence-electron chi connectivity index (χ0n) is 16.8. The molecule has 1 aliphatic heterocycles. The van der Waals surface area contributed by atoms with E-state index in [1.54, 1.807) is 0 Å². The lowest BCUT2D eigenvalue weighted by Gasteiger charge is -2.38. The molecule has 0 aromatic carbocycles. The molecule has 0 spiro atoms. The van der Waals surface area contributed by atoms with Gasteiger partial charge in [0.15, 0.2) is 5.78 Å². The summed E-state index contributed by atoms with van der Waals surface area (Å²) >= 11 is 2.98. The van der Waals surface area contributed by atoms with Crippen LogP contribution in [0, 0.1) is 5.92 Å². The van der Waals surface area contributed by atoms with Gasteiger partial charge in [-0.3, -0.25) is 9.59 Å². The first kappa shape index (κ1) is 20.6. The quantitative estimate of drug-likeness (QED) is 0.573. The van der Waals surface area contributed by atoms with E-state index in [9.17, 15) is 14.4 Å². The number of hydrogen-bond donors (Lipinski definition) is 1. The van der Waals surface area contributed by atoms with E-state index in [1.165, 1.54) is 36.9 Å². The highest BCUT2D eigenvalue weighted by molar-refractivity contribution is 7.10. The molecule has 0 saturated heterocycles. The number of carbonyl (C=O) groups is 3. The summed E-state index contributed by atoms with van der Waals surface area (Å²) in [6.45, 7) is 1.81. The van der Waals surface area contributed by atoms with E-state index < -0.39 is 23.8 Å². The molecule has 8 heteroatoms. The second-order valence-electron chi connectivity index (χ2n) is 7.19. The maximum Gasteiger partial charge on any atom is 0.336 e. The Hall–Kier alpha value is -2.71. The van der Waals surface area contributed by atoms with Crippen LogP contribution in [0.25, 0.3) is 0 Å². The van der Waals surface area contributed by atoms with Gasteiger partial charge in [-0.2, -0.15) is 0 Å². The number of allylic oxidation sites excluding steroid dienone is 3. The maximum atomic E-state index is 13.8. The first-order valence-electron chi connectivity index (χ1n) is 9.45. The molecule has 3 atom stereocenters. The van der Waals surface area contributed by atoms with Gasteiger partial charge in [-0.25, -0.2) is 4.79 Å². The highest BCUT2D eigenvalue weighted by Crippen LogP contribution is 2.49. The van der Waals surface area contributed by atoms with Crippen LogP contribution >= 0.6 is 22.7 Å². The third-order valence-corrected chi connectivity index (χ3v) is 7.56. The Bertz CT molecular complexity index is 1050. The Morgan fingerprint density at radius 3 is 2.30 bits per heavy atom. The number of esters is 2. The smallest absolute Gasteiger partial charge is 0.336 e. The Morgan fingerprint density at radius 2 is 1.73 bits per heavy atom. The number of dihydropyridines is 1. The summed E-state index contributed by atoms with van der Waals surface area (Å²) in [4.78, 5) is 40.9. The molecule has 2 aromatic rings. The van der Waals surface area contributed by atoms with Gasteiger partial charge in [0.1, 0.15) is 5.92 Å². The van der Waals surface area contributed by atoms with E-state index in [4.69, 9.17) is 9.47 Å². The molecule has 156 valence electrons. The molecule has 0 radical (unpaired) electrons. The Morgan fingerprint density at radius 1 is 1.07 bits per heavy atom. The highest BCUT2D eigenvalue weighted by Gasteiger charge is 2.49. The van der Waals surface area contributed by atoms with Crippen LogP contribution in [0.3, 0.4) is 0 Å². The third kappa shape index (κ3) is 3.30. The minimum atomic E-state index is -0.950. The summed E-state index contributed by atoms with van der Waals surface area (Å²) in [6, 6.07) is 7.62. The van der Waals surface area contributed by atoms with Crippen molar-refractivity contribution in [2.75, 3.05) is 14.2 Å². The Kier molecular flexibility index (Phi) is 5.62. The van der Waals surface area contributed by atoms with E-state index in [0.717, 1.165) is 15.5 Å². The zero-order valence-corrected chi connectivity index (χ0v) is 18.4. The van der Waals surface area contributed by atoms with Crippen molar-refractivity contribution < 1.29 is 23.9 Å². The number of nitrogens with one attached hydrogen (secondary N) is 1. The van der Waals surface area contributed by atoms with Gasteiger partial charge in [0, 0.05) is 32.6 Å². The fourth-order valence-corrected chi connectivity index (χ4v) is 6.03. The number of thiophene rings is 2. The van der Waals surface area contributed by atoms with Gasteiger partial charge in [-0.15, -0.1) is 22.7 Å². The number of Topliss-reactive ketones (excluding diaryl/α,β-unsaturated/α-hetero) is 1. The summed E-state index contributed by atoms with van der Waals surface area (Å²) in [5.41, 5.74) is 2.26. The largest absolute Gasteiger partial charge is 0.468 e. The number of hydrogen-bond acceptors (Lipinski definition) is 8. The summed E-state index contributed by atoms with van der Waals surface area (Å²) in [5, 5.41) is 7.11. The van der Waals surface area contributed by atoms with Gasteiger partial charge in [-0.05, 0) is 36.2 Å². The van der Waals surface area contributed by atoms with Gasteiger partial charge in [0.2, 0.25) is 0 Å². The molecule has 0 amide bonds. The first-order chi connectivity index (χ1) is 14.5. The van der Waals surface area contributed by atoms with E-state index >= 15 is 0 Å². The van der Waals surface area contributed by atoms with E-state index in [0.29, 0.717) is 23.3 Å². The molecule has 3 heterocycles. The predicted molar refractivity (Wildman–Crippen MR) is 114 cm³/mol. The SMILES string of the molecule is COC(=O)C1=C(C)NC2=C(C(=O)[C@@H](C(=O)OC)[C@@H](c3cccs3)C2)[C@H]1c1cccs1. The fourth-order valence-electron chi connectivity index (χ4n) is 4.32. The van der Waals surface area contributed by atoms with Crippen LogP contribution in [-0.4, -0.2) is 31.9 Å². The van der Waals surface area contributed by atoms with Gasteiger partial charge in [-0.1, -0.05) is 12.1 Å². The monoisotopic (exact) mass is 443 g/mol. The highest BCUT2D eigenvalue weighted by atomic mass is 32.1. The average Bonchev–Trinajstić information content (AvgIpc) is 3.45. The van der Waals surface area contributed by atoms with Gasteiger partial charge in [0.25, 0.3) is 0 Å². The normalized spacial score (nSPS) is 23.7. The van der Waals surface area contributed by atoms with E-state index in [2.05, 4.69) is 5.32 Å². The molecule has 1 aliphatic carbocycles. The summed E-state index contributed by atoms with van der Waals surface area (Å²) in [6.07, 6.45) is 0.481. The van der Waals surface area contributed by atoms with Crippen LogP contribution in [0.5, 0.6) is 0 Å². The van der Waals surface area contributed by atoms with Crippen LogP contribution in [-0.2, 0) is 23.9 Å². The summed E-state index contributed by atoms with van der Waals surface area (Å²) in [5.74, 6) is -3.19. The summed E-state index contributed by atoms with van der Waals surface area (Å²) < 4.78 is 10.0. The lowest BCUT2D eigenvalue weighted by molar-refractivity contribution is -0.149. The van der Waals surface area contributed by atoms with Crippen LogP contribution in [0.15, 0.2) is 57.6 Å². The van der Waals surface area contributed by atoms with Crippen molar-refractivity contribution >= 4 is 40.4 Å². The van der Waals surface area contributed by atoms with Gasteiger partial charge >= 0.3 is 11.9 Å². The lowest BCUT2D eigenvalue weighted by atomic mass is 9.69. The molecule has 6 nitrogen and oxygen atoms in total. The Labute approximate surface area is 182 Å². The fraction of sp³-hybridized carbons (Fsp3) is 0.318. The maximum absolute atomic E-state index is 13.8. The molecule has 1 N–H and O–H groups in total. The molecule has 30 heavy (non-hydrogen) atoms. The number of carbonyl (C=O) groups excluding carboxylic acids is 3. The molecule has 0 bridgehead atoms. The second-order valence-corrected chi connectivity index (χ2v) is 9.15.